The maximum atomic E-state index is 11.7. The second-order valence-corrected chi connectivity index (χ2v) is 4.09. The molecule has 17 heavy (non-hydrogen) atoms. The van der Waals surface area contributed by atoms with E-state index >= 15 is 0 Å². The fourth-order valence-electron chi connectivity index (χ4n) is 1.49. The summed E-state index contributed by atoms with van der Waals surface area (Å²) in [6.45, 7) is 2.01. The van der Waals surface area contributed by atoms with Crippen molar-refractivity contribution in [2.45, 2.75) is 6.92 Å². The second-order valence-electron chi connectivity index (χ2n) is 4.09. The number of hydrogen-bond acceptors (Lipinski definition) is 3. The van der Waals surface area contributed by atoms with E-state index in [2.05, 4.69) is 10.3 Å². The van der Waals surface area contributed by atoms with Crippen LogP contribution in [0.5, 0.6) is 0 Å². The molecule has 1 aromatic heterocycles. The van der Waals surface area contributed by atoms with Gasteiger partial charge in [0.25, 0.3) is 5.91 Å². The first-order valence-corrected chi connectivity index (χ1v) is 5.29. The van der Waals surface area contributed by atoms with Crippen molar-refractivity contribution in [2.75, 3.05) is 14.1 Å². The lowest BCUT2D eigenvalue weighted by atomic mass is 10.2. The fraction of sp³-hybridized carbons (Fsp3) is 0.250. The summed E-state index contributed by atoms with van der Waals surface area (Å²) in [5, 5.41) is 7.82. The van der Waals surface area contributed by atoms with E-state index in [1.807, 2.05) is 31.2 Å². The van der Waals surface area contributed by atoms with Crippen molar-refractivity contribution in [1.82, 2.24) is 19.9 Å². The highest BCUT2D eigenvalue weighted by molar-refractivity contribution is 5.91. The van der Waals surface area contributed by atoms with E-state index in [0.717, 1.165) is 11.3 Å². The zero-order valence-electron chi connectivity index (χ0n) is 10.1. The Bertz CT molecular complexity index is 545. The van der Waals surface area contributed by atoms with Gasteiger partial charge in [0.05, 0.1) is 11.9 Å². The lowest BCUT2D eigenvalue weighted by Gasteiger charge is -2.05. The average molecular weight is 230 g/mol. The Morgan fingerprint density at radius 3 is 2.76 bits per heavy atom. The Labute approximate surface area is 99.7 Å². The van der Waals surface area contributed by atoms with E-state index in [-0.39, 0.29) is 5.91 Å². The molecule has 0 aliphatic rings. The summed E-state index contributed by atoms with van der Waals surface area (Å²) >= 11 is 0. The Morgan fingerprint density at radius 1 is 1.35 bits per heavy atom. The minimum Gasteiger partial charge on any atom is -0.343 e. The zero-order valence-corrected chi connectivity index (χ0v) is 10.1. The third kappa shape index (κ3) is 2.33. The maximum Gasteiger partial charge on any atom is 0.275 e. The van der Waals surface area contributed by atoms with Gasteiger partial charge in [-0.1, -0.05) is 17.3 Å². The summed E-state index contributed by atoms with van der Waals surface area (Å²) in [5.74, 6) is -0.149. The van der Waals surface area contributed by atoms with Gasteiger partial charge >= 0.3 is 0 Å². The third-order valence-electron chi connectivity index (χ3n) is 2.38. The van der Waals surface area contributed by atoms with Crippen molar-refractivity contribution in [3.05, 3.63) is 41.7 Å². The van der Waals surface area contributed by atoms with Crippen LogP contribution in [0, 0.1) is 6.92 Å². The minimum absolute atomic E-state index is 0.149. The van der Waals surface area contributed by atoms with Crippen molar-refractivity contribution in [2.24, 2.45) is 0 Å². The molecule has 2 rings (SSSR count). The number of carbonyl (C=O) groups is 1. The molecule has 88 valence electrons. The third-order valence-corrected chi connectivity index (χ3v) is 2.38. The van der Waals surface area contributed by atoms with Crippen LogP contribution in [-0.4, -0.2) is 39.9 Å². The van der Waals surface area contributed by atoms with Gasteiger partial charge in [-0.2, -0.15) is 0 Å². The van der Waals surface area contributed by atoms with Crippen LogP contribution in [0.2, 0.25) is 0 Å². The molecule has 5 heteroatoms. The predicted molar refractivity (Wildman–Crippen MR) is 64.1 cm³/mol. The van der Waals surface area contributed by atoms with E-state index in [1.54, 1.807) is 25.0 Å². The first kappa shape index (κ1) is 11.3. The monoisotopic (exact) mass is 230 g/mol. The van der Waals surface area contributed by atoms with E-state index in [1.165, 1.54) is 4.90 Å². The molecule has 0 spiro atoms. The molecule has 0 saturated heterocycles. The highest BCUT2D eigenvalue weighted by atomic mass is 16.2. The summed E-state index contributed by atoms with van der Waals surface area (Å²) in [7, 11) is 3.38. The molecular weight excluding hydrogens is 216 g/mol. The molecule has 0 radical (unpaired) electrons. The van der Waals surface area contributed by atoms with Gasteiger partial charge in [-0.3, -0.25) is 4.79 Å². The van der Waals surface area contributed by atoms with Gasteiger partial charge in [-0.15, -0.1) is 5.10 Å². The number of hydrogen-bond donors (Lipinski definition) is 0. The van der Waals surface area contributed by atoms with Gasteiger partial charge in [-0.05, 0) is 24.6 Å². The van der Waals surface area contributed by atoms with E-state index in [0.29, 0.717) is 5.69 Å². The van der Waals surface area contributed by atoms with Crippen LogP contribution in [-0.2, 0) is 0 Å². The molecular formula is C12H14N4O. The number of aryl methyl sites for hydroxylation is 1. The van der Waals surface area contributed by atoms with Crippen LogP contribution in [0.4, 0.5) is 0 Å². The summed E-state index contributed by atoms with van der Waals surface area (Å²) in [6.07, 6.45) is 1.64. The van der Waals surface area contributed by atoms with Gasteiger partial charge in [0.2, 0.25) is 0 Å². The number of benzene rings is 1. The van der Waals surface area contributed by atoms with Crippen molar-refractivity contribution in [3.63, 3.8) is 0 Å². The van der Waals surface area contributed by atoms with E-state index < -0.39 is 0 Å². The number of amides is 1. The Kier molecular flexibility index (Phi) is 2.91. The normalized spacial score (nSPS) is 10.3. The van der Waals surface area contributed by atoms with Crippen molar-refractivity contribution in [3.8, 4) is 5.69 Å². The lowest BCUT2D eigenvalue weighted by molar-refractivity contribution is 0.0822. The lowest BCUT2D eigenvalue weighted by Crippen LogP contribution is -2.21. The Balaban J connectivity index is 2.33. The quantitative estimate of drug-likeness (QED) is 0.780. The van der Waals surface area contributed by atoms with Gasteiger partial charge in [0.1, 0.15) is 0 Å². The number of carbonyl (C=O) groups excluding carboxylic acids is 1. The first-order chi connectivity index (χ1) is 8.08. The largest absolute Gasteiger partial charge is 0.343 e. The Morgan fingerprint density at radius 2 is 2.12 bits per heavy atom. The zero-order chi connectivity index (χ0) is 12.4. The molecule has 0 fully saturated rings. The molecule has 0 aliphatic heterocycles. The Hall–Kier alpha value is -2.17. The van der Waals surface area contributed by atoms with Crippen molar-refractivity contribution in [1.29, 1.82) is 0 Å². The van der Waals surface area contributed by atoms with Crippen LogP contribution in [0.25, 0.3) is 5.69 Å². The smallest absolute Gasteiger partial charge is 0.275 e. The fourth-order valence-corrected chi connectivity index (χ4v) is 1.49. The second kappa shape index (κ2) is 4.37. The molecule has 0 unspecified atom stereocenters. The summed E-state index contributed by atoms with van der Waals surface area (Å²) in [5.41, 5.74) is 2.38. The summed E-state index contributed by atoms with van der Waals surface area (Å²) in [6, 6.07) is 7.86. The first-order valence-electron chi connectivity index (χ1n) is 5.29. The number of nitrogens with zero attached hydrogens (tertiary/aromatic N) is 4. The predicted octanol–water partition coefficient (Wildman–Crippen LogP) is 1.28. The molecule has 1 amide bonds. The van der Waals surface area contributed by atoms with Crippen molar-refractivity contribution < 1.29 is 4.79 Å². The molecule has 0 bridgehead atoms. The molecule has 1 heterocycles. The molecule has 5 nitrogen and oxygen atoms in total. The molecule has 1 aromatic carbocycles. The van der Waals surface area contributed by atoms with Crippen LogP contribution in [0.1, 0.15) is 16.1 Å². The average Bonchev–Trinajstić information content (AvgIpc) is 2.77. The van der Waals surface area contributed by atoms with E-state index in [4.69, 9.17) is 0 Å². The van der Waals surface area contributed by atoms with Gasteiger partial charge in [0, 0.05) is 14.1 Å². The highest BCUT2D eigenvalue weighted by Gasteiger charge is 2.12. The van der Waals surface area contributed by atoms with Gasteiger partial charge < -0.3 is 4.90 Å². The van der Waals surface area contributed by atoms with Gasteiger partial charge in [0.15, 0.2) is 5.69 Å². The highest BCUT2D eigenvalue weighted by Crippen LogP contribution is 2.09. The SMILES string of the molecule is Cc1cccc(-n2cc(C(=O)N(C)C)nn2)c1. The van der Waals surface area contributed by atoms with Crippen LogP contribution < -0.4 is 0 Å². The minimum atomic E-state index is -0.149. The molecule has 0 saturated carbocycles. The molecule has 0 atom stereocenters. The topological polar surface area (TPSA) is 51.0 Å². The van der Waals surface area contributed by atoms with Crippen LogP contribution in [0.15, 0.2) is 30.5 Å². The number of rotatable bonds is 2. The standard InChI is InChI=1S/C12H14N4O/c1-9-5-4-6-10(7-9)16-8-11(13-14-16)12(17)15(2)3/h4-8H,1-3H3. The molecule has 2 aromatic rings. The van der Waals surface area contributed by atoms with E-state index in [9.17, 15) is 4.79 Å². The van der Waals surface area contributed by atoms with Gasteiger partial charge in [-0.25, -0.2) is 4.68 Å². The summed E-state index contributed by atoms with van der Waals surface area (Å²) < 4.78 is 1.60. The van der Waals surface area contributed by atoms with Crippen molar-refractivity contribution >= 4 is 5.91 Å². The van der Waals surface area contributed by atoms with Crippen LogP contribution in [0.3, 0.4) is 0 Å². The summed E-state index contributed by atoms with van der Waals surface area (Å²) in [4.78, 5) is 13.1. The maximum absolute atomic E-state index is 11.7. The molecule has 0 aliphatic carbocycles. The van der Waals surface area contributed by atoms with Crippen LogP contribution >= 0.6 is 0 Å². The number of aromatic nitrogens is 3. The molecule has 0 N–H and O–H groups in total.